The molecule has 0 aliphatic heterocycles. The molecule has 0 aliphatic rings. The molecule has 13 heavy (non-hydrogen) atoms. The number of aliphatic hydroxyl groups is 1. The largest absolute Gasteiger partial charge is 0.389 e. The lowest BCUT2D eigenvalue weighted by Crippen LogP contribution is -2.34. The van der Waals surface area contributed by atoms with E-state index in [1.807, 2.05) is 0 Å². The molecular weight excluding hydrogens is 180 g/mol. The van der Waals surface area contributed by atoms with Crippen molar-refractivity contribution in [1.82, 2.24) is 0 Å². The van der Waals surface area contributed by atoms with Gasteiger partial charge in [-0.25, -0.2) is 8.78 Å². The summed E-state index contributed by atoms with van der Waals surface area (Å²) >= 11 is 0. The highest BCUT2D eigenvalue weighted by atomic mass is 19.3. The monoisotopic (exact) mass is 197 g/mol. The van der Waals surface area contributed by atoms with Gasteiger partial charge in [0, 0.05) is 13.2 Å². The van der Waals surface area contributed by atoms with Gasteiger partial charge < -0.3 is 15.6 Å². The predicted octanol–water partition coefficient (Wildman–Crippen LogP) is 0.758. The first-order chi connectivity index (χ1) is 5.98. The van der Waals surface area contributed by atoms with Crippen LogP contribution in [-0.2, 0) is 4.74 Å². The minimum atomic E-state index is -2.42. The average molecular weight is 197 g/mol. The number of ether oxygens (including phenoxy) is 1. The highest BCUT2D eigenvalue weighted by Crippen LogP contribution is 2.09. The minimum absolute atomic E-state index is 0.168. The standard InChI is InChI=1S/C8H17F2NO2/c1-8(12,6-11)3-2-4-13-5-7(9)10/h7,12H,2-6,11H2,1H3. The van der Waals surface area contributed by atoms with E-state index >= 15 is 0 Å². The number of nitrogens with two attached hydrogens (primary N) is 1. The lowest BCUT2D eigenvalue weighted by Gasteiger charge is -2.20. The van der Waals surface area contributed by atoms with Gasteiger partial charge in [0.25, 0.3) is 6.43 Å². The van der Waals surface area contributed by atoms with E-state index in [1.54, 1.807) is 6.92 Å². The van der Waals surface area contributed by atoms with Crippen LogP contribution in [0.4, 0.5) is 8.78 Å². The van der Waals surface area contributed by atoms with Gasteiger partial charge in [0.2, 0.25) is 0 Å². The van der Waals surface area contributed by atoms with Gasteiger partial charge in [-0.05, 0) is 19.8 Å². The molecule has 0 spiro atoms. The van der Waals surface area contributed by atoms with Gasteiger partial charge in [-0.1, -0.05) is 0 Å². The number of hydrogen-bond acceptors (Lipinski definition) is 3. The molecule has 1 atom stereocenters. The van der Waals surface area contributed by atoms with E-state index < -0.39 is 18.6 Å². The maximum atomic E-state index is 11.6. The molecular formula is C8H17F2NO2. The van der Waals surface area contributed by atoms with Crippen LogP contribution in [0.25, 0.3) is 0 Å². The molecule has 0 saturated carbocycles. The van der Waals surface area contributed by atoms with Gasteiger partial charge in [0.15, 0.2) is 0 Å². The molecule has 80 valence electrons. The predicted molar refractivity (Wildman–Crippen MR) is 45.7 cm³/mol. The summed E-state index contributed by atoms with van der Waals surface area (Å²) in [7, 11) is 0. The topological polar surface area (TPSA) is 55.5 Å². The summed E-state index contributed by atoms with van der Waals surface area (Å²) in [4.78, 5) is 0. The molecule has 5 heteroatoms. The number of alkyl halides is 2. The summed E-state index contributed by atoms with van der Waals surface area (Å²) in [6.07, 6.45) is -1.42. The van der Waals surface area contributed by atoms with Crippen molar-refractivity contribution in [3.05, 3.63) is 0 Å². The normalized spacial score (nSPS) is 16.2. The zero-order valence-electron chi connectivity index (χ0n) is 7.80. The van der Waals surface area contributed by atoms with E-state index in [2.05, 4.69) is 4.74 Å². The Hall–Kier alpha value is -0.260. The van der Waals surface area contributed by atoms with E-state index in [0.29, 0.717) is 12.8 Å². The maximum absolute atomic E-state index is 11.6. The molecule has 0 aromatic carbocycles. The Morgan fingerprint density at radius 3 is 2.62 bits per heavy atom. The minimum Gasteiger partial charge on any atom is -0.389 e. The van der Waals surface area contributed by atoms with Crippen molar-refractivity contribution in [2.45, 2.75) is 31.8 Å². The maximum Gasteiger partial charge on any atom is 0.261 e. The highest BCUT2D eigenvalue weighted by molar-refractivity contribution is 4.72. The van der Waals surface area contributed by atoms with Gasteiger partial charge in [0.05, 0.1) is 5.60 Å². The lowest BCUT2D eigenvalue weighted by molar-refractivity contribution is 0.00459. The Bertz CT molecular complexity index is 131. The van der Waals surface area contributed by atoms with Crippen LogP contribution in [0.15, 0.2) is 0 Å². The Morgan fingerprint density at radius 1 is 1.54 bits per heavy atom. The fraction of sp³-hybridized carbons (Fsp3) is 1.00. The fourth-order valence-corrected chi connectivity index (χ4v) is 0.830. The third-order valence-electron chi connectivity index (χ3n) is 1.69. The second-order valence-electron chi connectivity index (χ2n) is 3.27. The van der Waals surface area contributed by atoms with Crippen LogP contribution in [0.3, 0.4) is 0 Å². The summed E-state index contributed by atoms with van der Waals surface area (Å²) in [6.45, 7) is 1.48. The van der Waals surface area contributed by atoms with Crippen LogP contribution in [-0.4, -0.2) is 36.9 Å². The highest BCUT2D eigenvalue weighted by Gasteiger charge is 2.16. The first-order valence-corrected chi connectivity index (χ1v) is 4.26. The summed E-state index contributed by atoms with van der Waals surface area (Å²) in [6, 6.07) is 0. The van der Waals surface area contributed by atoms with Crippen molar-refractivity contribution >= 4 is 0 Å². The summed E-state index contributed by atoms with van der Waals surface area (Å²) in [5.74, 6) is 0. The molecule has 0 aromatic heterocycles. The smallest absolute Gasteiger partial charge is 0.261 e. The van der Waals surface area contributed by atoms with Crippen LogP contribution in [0, 0.1) is 0 Å². The Kier molecular flexibility index (Phi) is 6.11. The van der Waals surface area contributed by atoms with Crippen LogP contribution in [0.1, 0.15) is 19.8 Å². The molecule has 0 aromatic rings. The molecule has 0 bridgehead atoms. The molecule has 0 rings (SSSR count). The van der Waals surface area contributed by atoms with E-state index in [-0.39, 0.29) is 13.2 Å². The second-order valence-corrected chi connectivity index (χ2v) is 3.27. The van der Waals surface area contributed by atoms with E-state index in [0.717, 1.165) is 0 Å². The van der Waals surface area contributed by atoms with Gasteiger partial charge in [-0.2, -0.15) is 0 Å². The summed E-state index contributed by atoms with van der Waals surface area (Å²) in [5, 5.41) is 9.40. The van der Waals surface area contributed by atoms with Gasteiger partial charge >= 0.3 is 0 Å². The SMILES string of the molecule is CC(O)(CN)CCCOCC(F)F. The Balaban J connectivity index is 3.26. The fourth-order valence-electron chi connectivity index (χ4n) is 0.830. The van der Waals surface area contributed by atoms with Crippen LogP contribution < -0.4 is 5.73 Å². The first kappa shape index (κ1) is 12.7. The zero-order chi connectivity index (χ0) is 10.3. The van der Waals surface area contributed by atoms with Crippen LogP contribution in [0.2, 0.25) is 0 Å². The van der Waals surface area contributed by atoms with Gasteiger partial charge in [-0.15, -0.1) is 0 Å². The van der Waals surface area contributed by atoms with Crippen LogP contribution >= 0.6 is 0 Å². The molecule has 0 fully saturated rings. The molecule has 0 saturated heterocycles. The van der Waals surface area contributed by atoms with Crippen molar-refractivity contribution in [3.63, 3.8) is 0 Å². The Morgan fingerprint density at radius 2 is 2.15 bits per heavy atom. The van der Waals surface area contributed by atoms with Gasteiger partial charge in [0.1, 0.15) is 6.61 Å². The van der Waals surface area contributed by atoms with E-state index in [4.69, 9.17) is 5.73 Å². The third kappa shape index (κ3) is 8.08. The summed E-state index contributed by atoms with van der Waals surface area (Å²) < 4.78 is 27.8. The molecule has 1 unspecified atom stereocenters. The number of hydrogen-bond donors (Lipinski definition) is 2. The van der Waals surface area contributed by atoms with E-state index in [9.17, 15) is 13.9 Å². The Labute approximate surface area is 76.9 Å². The van der Waals surface area contributed by atoms with E-state index in [1.165, 1.54) is 0 Å². The zero-order valence-corrected chi connectivity index (χ0v) is 7.80. The average Bonchev–Trinajstić information content (AvgIpc) is 2.03. The lowest BCUT2D eigenvalue weighted by atomic mass is 10.0. The van der Waals surface area contributed by atoms with Crippen molar-refractivity contribution in [1.29, 1.82) is 0 Å². The quantitative estimate of drug-likeness (QED) is 0.592. The molecule has 0 aliphatic carbocycles. The number of rotatable bonds is 7. The summed E-state index contributed by atoms with van der Waals surface area (Å²) in [5.41, 5.74) is 4.35. The molecule has 0 amide bonds. The van der Waals surface area contributed by atoms with Crippen molar-refractivity contribution < 1.29 is 18.6 Å². The van der Waals surface area contributed by atoms with Gasteiger partial charge in [-0.3, -0.25) is 0 Å². The molecule has 0 radical (unpaired) electrons. The van der Waals surface area contributed by atoms with Crippen molar-refractivity contribution in [2.75, 3.05) is 19.8 Å². The molecule has 3 nitrogen and oxygen atoms in total. The number of halogens is 2. The third-order valence-corrected chi connectivity index (χ3v) is 1.69. The molecule has 3 N–H and O–H groups in total. The van der Waals surface area contributed by atoms with Crippen molar-refractivity contribution in [3.8, 4) is 0 Å². The second kappa shape index (κ2) is 6.23. The first-order valence-electron chi connectivity index (χ1n) is 4.26. The van der Waals surface area contributed by atoms with Crippen LogP contribution in [0.5, 0.6) is 0 Å². The van der Waals surface area contributed by atoms with Crippen molar-refractivity contribution in [2.24, 2.45) is 5.73 Å². The molecule has 0 heterocycles.